The number of anilines is 1. The molecule has 7 heteroatoms. The lowest BCUT2D eigenvalue weighted by Gasteiger charge is -2.12. The third kappa shape index (κ3) is 3.50. The smallest absolute Gasteiger partial charge is 0.261 e. The highest BCUT2D eigenvalue weighted by atomic mass is 32.2. The average molecular weight is 310 g/mol. The molecule has 0 amide bonds. The first-order chi connectivity index (χ1) is 9.96. The van der Waals surface area contributed by atoms with Crippen LogP contribution in [0.1, 0.15) is 5.56 Å². The van der Waals surface area contributed by atoms with Gasteiger partial charge in [0.2, 0.25) is 0 Å². The Morgan fingerprint density at radius 2 is 1.86 bits per heavy atom. The molecule has 2 aromatic rings. The largest absolute Gasteiger partial charge is 0.497 e. The van der Waals surface area contributed by atoms with Gasteiger partial charge >= 0.3 is 0 Å². The van der Waals surface area contributed by atoms with Gasteiger partial charge in [0, 0.05) is 6.54 Å². The summed E-state index contributed by atoms with van der Waals surface area (Å²) < 4.78 is 45.0. The van der Waals surface area contributed by atoms with E-state index in [9.17, 15) is 12.8 Å². The van der Waals surface area contributed by atoms with Crippen molar-refractivity contribution in [2.45, 2.75) is 11.4 Å². The second-order valence-electron chi connectivity index (χ2n) is 4.29. The molecule has 0 aliphatic carbocycles. The highest BCUT2D eigenvalue weighted by Gasteiger charge is 2.16. The minimum Gasteiger partial charge on any atom is -0.497 e. The summed E-state index contributed by atoms with van der Waals surface area (Å²) in [6, 6.07) is 9.65. The van der Waals surface area contributed by atoms with Gasteiger partial charge in [-0.05, 0) is 48.0 Å². The molecule has 0 saturated carbocycles. The minimum absolute atomic E-state index is 0.0260. The molecule has 0 aliphatic rings. The summed E-state index contributed by atoms with van der Waals surface area (Å²) in [6.45, 7) is 0.0260. The van der Waals surface area contributed by atoms with Crippen LogP contribution < -0.4 is 15.2 Å². The van der Waals surface area contributed by atoms with E-state index in [2.05, 4.69) is 4.72 Å². The maximum atomic E-state index is 13.1. The Hall–Kier alpha value is -2.12. The standard InChI is InChI=1S/C14H15FN2O3S/c1-20-12-3-5-13(6-4-12)21(18,19)17-14-7-2-11(15)8-10(14)9-16/h2-8,17H,9,16H2,1H3. The molecule has 2 rings (SSSR count). The molecule has 0 radical (unpaired) electrons. The predicted octanol–water partition coefficient (Wildman–Crippen LogP) is 2.09. The van der Waals surface area contributed by atoms with Crippen molar-refractivity contribution in [3.63, 3.8) is 0 Å². The zero-order chi connectivity index (χ0) is 15.5. The topological polar surface area (TPSA) is 81.4 Å². The molecule has 21 heavy (non-hydrogen) atoms. The van der Waals surface area contributed by atoms with Crippen molar-refractivity contribution in [2.75, 3.05) is 11.8 Å². The van der Waals surface area contributed by atoms with Gasteiger partial charge in [-0.3, -0.25) is 4.72 Å². The summed E-state index contributed by atoms with van der Waals surface area (Å²) in [5, 5.41) is 0. The van der Waals surface area contributed by atoms with Gasteiger partial charge in [-0.2, -0.15) is 0 Å². The van der Waals surface area contributed by atoms with E-state index < -0.39 is 15.8 Å². The van der Waals surface area contributed by atoms with Crippen LogP contribution in [-0.4, -0.2) is 15.5 Å². The first-order valence-electron chi connectivity index (χ1n) is 6.11. The minimum atomic E-state index is -3.77. The highest BCUT2D eigenvalue weighted by molar-refractivity contribution is 7.92. The fourth-order valence-electron chi connectivity index (χ4n) is 1.79. The van der Waals surface area contributed by atoms with Crippen LogP contribution in [0.2, 0.25) is 0 Å². The molecule has 5 nitrogen and oxygen atoms in total. The van der Waals surface area contributed by atoms with Crippen LogP contribution in [0.4, 0.5) is 10.1 Å². The second-order valence-corrected chi connectivity index (χ2v) is 5.97. The summed E-state index contributed by atoms with van der Waals surface area (Å²) in [4.78, 5) is 0.0793. The molecule has 0 aliphatic heterocycles. The molecule has 112 valence electrons. The van der Waals surface area contributed by atoms with E-state index in [1.165, 1.54) is 37.4 Å². The lowest BCUT2D eigenvalue weighted by atomic mass is 10.2. The number of halogens is 1. The van der Waals surface area contributed by atoms with Crippen LogP contribution >= 0.6 is 0 Å². The Balaban J connectivity index is 2.32. The number of ether oxygens (including phenoxy) is 1. The predicted molar refractivity (Wildman–Crippen MR) is 78.1 cm³/mol. The second kappa shape index (κ2) is 6.11. The highest BCUT2D eigenvalue weighted by Crippen LogP contribution is 2.22. The molecule has 0 bridgehead atoms. The molecule has 0 aromatic heterocycles. The van der Waals surface area contributed by atoms with Crippen LogP contribution in [0, 0.1) is 5.82 Å². The zero-order valence-corrected chi connectivity index (χ0v) is 12.2. The summed E-state index contributed by atoms with van der Waals surface area (Å²) in [6.07, 6.45) is 0. The Morgan fingerprint density at radius 1 is 1.19 bits per heavy atom. The number of nitrogens with one attached hydrogen (secondary N) is 1. The van der Waals surface area contributed by atoms with Gasteiger partial charge in [0.25, 0.3) is 10.0 Å². The van der Waals surface area contributed by atoms with Gasteiger partial charge in [-0.25, -0.2) is 12.8 Å². The monoisotopic (exact) mass is 310 g/mol. The van der Waals surface area contributed by atoms with E-state index in [0.29, 0.717) is 11.3 Å². The van der Waals surface area contributed by atoms with Crippen molar-refractivity contribution in [1.29, 1.82) is 0 Å². The van der Waals surface area contributed by atoms with E-state index in [4.69, 9.17) is 10.5 Å². The summed E-state index contributed by atoms with van der Waals surface area (Å²) >= 11 is 0. The van der Waals surface area contributed by atoms with Crippen molar-refractivity contribution in [2.24, 2.45) is 5.73 Å². The van der Waals surface area contributed by atoms with Crippen molar-refractivity contribution in [3.8, 4) is 5.75 Å². The quantitative estimate of drug-likeness (QED) is 0.886. The van der Waals surface area contributed by atoms with E-state index in [1.807, 2.05) is 0 Å². The van der Waals surface area contributed by atoms with Crippen LogP contribution in [0.3, 0.4) is 0 Å². The van der Waals surface area contributed by atoms with Gasteiger partial charge in [-0.1, -0.05) is 0 Å². The van der Waals surface area contributed by atoms with Gasteiger partial charge < -0.3 is 10.5 Å². The van der Waals surface area contributed by atoms with Gasteiger partial charge in [0.15, 0.2) is 0 Å². The average Bonchev–Trinajstić information content (AvgIpc) is 2.49. The maximum absolute atomic E-state index is 13.1. The molecule has 0 spiro atoms. The molecule has 0 saturated heterocycles. The van der Waals surface area contributed by atoms with E-state index in [0.717, 1.165) is 0 Å². The van der Waals surface area contributed by atoms with E-state index >= 15 is 0 Å². The first kappa shape index (κ1) is 15.3. The molecule has 0 fully saturated rings. The molecule has 3 N–H and O–H groups in total. The molecule has 0 atom stereocenters. The number of rotatable bonds is 5. The van der Waals surface area contributed by atoms with Crippen LogP contribution in [0.15, 0.2) is 47.4 Å². The van der Waals surface area contributed by atoms with Crippen molar-refractivity contribution in [3.05, 3.63) is 53.8 Å². The van der Waals surface area contributed by atoms with E-state index in [-0.39, 0.29) is 17.1 Å². The van der Waals surface area contributed by atoms with Crippen LogP contribution in [0.5, 0.6) is 5.75 Å². The van der Waals surface area contributed by atoms with Crippen LogP contribution in [-0.2, 0) is 16.6 Å². The number of hydrogen-bond acceptors (Lipinski definition) is 4. The molecular weight excluding hydrogens is 295 g/mol. The van der Waals surface area contributed by atoms with Crippen molar-refractivity contribution < 1.29 is 17.5 Å². The zero-order valence-electron chi connectivity index (χ0n) is 11.3. The fraction of sp³-hybridized carbons (Fsp3) is 0.143. The third-order valence-electron chi connectivity index (χ3n) is 2.90. The van der Waals surface area contributed by atoms with Gasteiger partial charge in [-0.15, -0.1) is 0 Å². The molecule has 0 heterocycles. The fourth-order valence-corrected chi connectivity index (χ4v) is 2.89. The van der Waals surface area contributed by atoms with Gasteiger partial charge in [0.1, 0.15) is 11.6 Å². The number of benzene rings is 2. The summed E-state index contributed by atoms with van der Waals surface area (Å²) in [5.41, 5.74) is 6.14. The Morgan fingerprint density at radius 3 is 2.43 bits per heavy atom. The van der Waals surface area contributed by atoms with Gasteiger partial charge in [0.05, 0.1) is 17.7 Å². The first-order valence-corrected chi connectivity index (χ1v) is 7.60. The molecular formula is C14H15FN2O3S. The Kier molecular flexibility index (Phi) is 4.44. The van der Waals surface area contributed by atoms with Crippen LogP contribution in [0.25, 0.3) is 0 Å². The van der Waals surface area contributed by atoms with Crippen molar-refractivity contribution in [1.82, 2.24) is 0 Å². The Bertz CT molecular complexity index is 730. The SMILES string of the molecule is COc1ccc(S(=O)(=O)Nc2ccc(F)cc2CN)cc1. The lowest BCUT2D eigenvalue weighted by molar-refractivity contribution is 0.414. The summed E-state index contributed by atoms with van der Waals surface area (Å²) in [7, 11) is -2.27. The number of nitrogens with two attached hydrogens (primary N) is 1. The third-order valence-corrected chi connectivity index (χ3v) is 4.28. The number of sulfonamides is 1. The molecule has 2 aromatic carbocycles. The number of methoxy groups -OCH3 is 1. The Labute approximate surface area is 122 Å². The van der Waals surface area contributed by atoms with Crippen molar-refractivity contribution >= 4 is 15.7 Å². The number of hydrogen-bond donors (Lipinski definition) is 2. The normalized spacial score (nSPS) is 11.2. The lowest BCUT2D eigenvalue weighted by Crippen LogP contribution is -2.15. The molecule has 0 unspecified atom stereocenters. The van der Waals surface area contributed by atoms with E-state index in [1.54, 1.807) is 12.1 Å². The maximum Gasteiger partial charge on any atom is 0.261 e. The summed E-state index contributed by atoms with van der Waals surface area (Å²) in [5.74, 6) is 0.0845.